The first-order valence-corrected chi connectivity index (χ1v) is 10.7. The predicted molar refractivity (Wildman–Crippen MR) is 101 cm³/mol. The van der Waals surface area contributed by atoms with E-state index in [9.17, 15) is 13.2 Å². The lowest BCUT2D eigenvalue weighted by molar-refractivity contribution is 0.0936. The van der Waals surface area contributed by atoms with E-state index in [-0.39, 0.29) is 40.7 Å². The van der Waals surface area contributed by atoms with Gasteiger partial charge in [0.2, 0.25) is 15.9 Å². The Balaban J connectivity index is 1.92. The highest BCUT2D eigenvalue weighted by Gasteiger charge is 2.24. The maximum Gasteiger partial charge on any atom is 0.270 e. The van der Waals surface area contributed by atoms with Crippen molar-refractivity contribution in [3.05, 3.63) is 17.3 Å². The number of pyridine rings is 1. The summed E-state index contributed by atoms with van der Waals surface area (Å²) in [6.07, 6.45) is 4.28. The first-order chi connectivity index (χ1) is 12.7. The Labute approximate surface area is 159 Å². The van der Waals surface area contributed by atoms with Gasteiger partial charge in [0.05, 0.1) is 18.6 Å². The van der Waals surface area contributed by atoms with Crippen molar-refractivity contribution in [1.29, 1.82) is 5.26 Å². The zero-order valence-electron chi connectivity index (χ0n) is 15.5. The molecule has 148 valence electrons. The number of nitriles is 1. The van der Waals surface area contributed by atoms with Crippen molar-refractivity contribution in [2.45, 2.75) is 38.6 Å². The molecule has 2 rings (SSSR count). The number of nitrogens with two attached hydrogens (primary N) is 1. The van der Waals surface area contributed by atoms with Gasteiger partial charge in [-0.1, -0.05) is 0 Å². The fourth-order valence-corrected chi connectivity index (χ4v) is 3.97. The Morgan fingerprint density at radius 1 is 1.41 bits per heavy atom. The molecule has 0 aromatic carbocycles. The van der Waals surface area contributed by atoms with Gasteiger partial charge in [0, 0.05) is 12.6 Å². The van der Waals surface area contributed by atoms with Gasteiger partial charge in [0.15, 0.2) is 0 Å². The van der Waals surface area contributed by atoms with Crippen LogP contribution in [0.2, 0.25) is 0 Å². The second-order valence-electron chi connectivity index (χ2n) is 6.64. The Kier molecular flexibility index (Phi) is 6.98. The van der Waals surface area contributed by atoms with E-state index in [0.29, 0.717) is 13.2 Å². The van der Waals surface area contributed by atoms with Gasteiger partial charge < -0.3 is 15.8 Å². The van der Waals surface area contributed by atoms with Crippen LogP contribution in [0.3, 0.4) is 0 Å². The van der Waals surface area contributed by atoms with Crippen LogP contribution >= 0.6 is 0 Å². The SMILES string of the molecule is CCOc1nc(C(=O)NCC2CCC(NS(C)(=O)=O)CC2)cc(N)c1C#N. The van der Waals surface area contributed by atoms with Crippen LogP contribution in [0.5, 0.6) is 5.88 Å². The summed E-state index contributed by atoms with van der Waals surface area (Å²) in [6.45, 7) is 2.52. The Bertz CT molecular complexity index is 826. The molecule has 1 aliphatic carbocycles. The number of hydrogen-bond donors (Lipinski definition) is 3. The third-order valence-electron chi connectivity index (χ3n) is 4.42. The quantitative estimate of drug-likeness (QED) is 0.618. The summed E-state index contributed by atoms with van der Waals surface area (Å²) in [4.78, 5) is 16.5. The molecule has 0 saturated heterocycles. The van der Waals surface area contributed by atoms with Gasteiger partial charge in [0.1, 0.15) is 17.3 Å². The number of ether oxygens (including phenoxy) is 1. The molecule has 9 nitrogen and oxygen atoms in total. The highest BCUT2D eigenvalue weighted by molar-refractivity contribution is 7.88. The highest BCUT2D eigenvalue weighted by atomic mass is 32.2. The minimum Gasteiger partial charge on any atom is -0.477 e. The molecule has 27 heavy (non-hydrogen) atoms. The molecule has 1 aromatic rings. The van der Waals surface area contributed by atoms with Crippen molar-refractivity contribution in [2.24, 2.45) is 5.92 Å². The van der Waals surface area contributed by atoms with E-state index in [1.54, 1.807) is 6.92 Å². The van der Waals surface area contributed by atoms with E-state index >= 15 is 0 Å². The number of hydrogen-bond acceptors (Lipinski definition) is 7. The summed E-state index contributed by atoms with van der Waals surface area (Å²) >= 11 is 0. The molecular formula is C17H25N5O4S. The van der Waals surface area contributed by atoms with E-state index in [2.05, 4.69) is 15.0 Å². The van der Waals surface area contributed by atoms with Crippen molar-refractivity contribution in [3.63, 3.8) is 0 Å². The molecule has 1 aliphatic rings. The lowest BCUT2D eigenvalue weighted by Crippen LogP contribution is -2.39. The molecule has 1 heterocycles. The summed E-state index contributed by atoms with van der Waals surface area (Å²) in [7, 11) is -3.20. The molecule has 1 amide bonds. The number of nitrogen functional groups attached to an aromatic ring is 1. The summed E-state index contributed by atoms with van der Waals surface area (Å²) in [5.74, 6) is -0.0605. The van der Waals surface area contributed by atoms with Crippen LogP contribution in [0, 0.1) is 17.2 Å². The van der Waals surface area contributed by atoms with E-state index in [1.807, 2.05) is 6.07 Å². The van der Waals surface area contributed by atoms with E-state index in [1.165, 1.54) is 6.07 Å². The highest BCUT2D eigenvalue weighted by Crippen LogP contribution is 2.25. The van der Waals surface area contributed by atoms with Gasteiger partial charge >= 0.3 is 0 Å². The van der Waals surface area contributed by atoms with Gasteiger partial charge in [-0.05, 0) is 44.6 Å². The maximum absolute atomic E-state index is 12.4. The third kappa shape index (κ3) is 6.08. The monoisotopic (exact) mass is 395 g/mol. The summed E-state index contributed by atoms with van der Waals surface area (Å²) in [6, 6.07) is 3.25. The molecule has 10 heteroatoms. The summed E-state index contributed by atoms with van der Waals surface area (Å²) in [5.41, 5.74) is 6.19. The largest absolute Gasteiger partial charge is 0.477 e. The molecule has 0 bridgehead atoms. The minimum atomic E-state index is -3.20. The number of anilines is 1. The summed E-state index contributed by atoms with van der Waals surface area (Å²) < 4.78 is 30.5. The molecule has 0 aliphatic heterocycles. The van der Waals surface area contributed by atoms with Crippen LogP contribution in [0.15, 0.2) is 6.07 Å². The van der Waals surface area contributed by atoms with Crippen LogP contribution in [-0.2, 0) is 10.0 Å². The lowest BCUT2D eigenvalue weighted by atomic mass is 9.86. The van der Waals surface area contributed by atoms with Crippen molar-refractivity contribution in [3.8, 4) is 11.9 Å². The standard InChI is InChI=1S/C17H25N5O4S/c1-3-26-17-13(9-18)14(19)8-15(21-17)16(23)20-10-11-4-6-12(7-5-11)22-27(2,24)25/h8,11-12,22H,3-7,10H2,1-2H3,(H2,19,21)(H,20,23). The molecular weight excluding hydrogens is 370 g/mol. The lowest BCUT2D eigenvalue weighted by Gasteiger charge is -2.28. The molecule has 0 atom stereocenters. The number of nitrogens with one attached hydrogen (secondary N) is 2. The molecule has 1 aromatic heterocycles. The van der Waals surface area contributed by atoms with Gasteiger partial charge in [-0.3, -0.25) is 4.79 Å². The first-order valence-electron chi connectivity index (χ1n) is 8.82. The van der Waals surface area contributed by atoms with Gasteiger partial charge in [0.25, 0.3) is 5.91 Å². The number of rotatable bonds is 7. The van der Waals surface area contributed by atoms with Crippen LogP contribution in [0.25, 0.3) is 0 Å². The van der Waals surface area contributed by atoms with Gasteiger partial charge in [-0.25, -0.2) is 18.1 Å². The second kappa shape index (κ2) is 9.01. The number of amides is 1. The van der Waals surface area contributed by atoms with Crippen molar-refractivity contribution in [2.75, 3.05) is 25.1 Å². The maximum atomic E-state index is 12.4. The van der Waals surface area contributed by atoms with Gasteiger partial charge in [-0.15, -0.1) is 0 Å². The number of carbonyl (C=O) groups is 1. The average Bonchev–Trinajstić information content (AvgIpc) is 2.59. The van der Waals surface area contributed by atoms with Crippen LogP contribution in [0.4, 0.5) is 5.69 Å². The molecule has 0 radical (unpaired) electrons. The Morgan fingerprint density at radius 3 is 2.63 bits per heavy atom. The van der Waals surface area contributed by atoms with E-state index in [0.717, 1.165) is 31.9 Å². The van der Waals surface area contributed by atoms with Crippen LogP contribution < -0.4 is 20.5 Å². The van der Waals surface area contributed by atoms with Crippen LogP contribution in [0.1, 0.15) is 48.7 Å². The fourth-order valence-electron chi connectivity index (χ4n) is 3.13. The average molecular weight is 395 g/mol. The molecule has 1 saturated carbocycles. The number of sulfonamides is 1. The summed E-state index contributed by atoms with van der Waals surface area (Å²) in [5, 5.41) is 12.0. The zero-order chi connectivity index (χ0) is 20.0. The van der Waals surface area contributed by atoms with Crippen molar-refractivity contribution >= 4 is 21.6 Å². The van der Waals surface area contributed by atoms with Crippen LogP contribution in [-0.4, -0.2) is 44.8 Å². The van der Waals surface area contributed by atoms with Crippen molar-refractivity contribution in [1.82, 2.24) is 15.0 Å². The number of nitrogens with zero attached hydrogens (tertiary/aromatic N) is 2. The van der Waals surface area contributed by atoms with E-state index in [4.69, 9.17) is 15.7 Å². The molecule has 4 N–H and O–H groups in total. The second-order valence-corrected chi connectivity index (χ2v) is 8.42. The fraction of sp³-hybridized carbons (Fsp3) is 0.588. The normalized spacial score (nSPS) is 19.9. The van der Waals surface area contributed by atoms with Crippen molar-refractivity contribution < 1.29 is 17.9 Å². The zero-order valence-corrected chi connectivity index (χ0v) is 16.3. The van der Waals surface area contributed by atoms with Gasteiger partial charge in [-0.2, -0.15) is 5.26 Å². The molecule has 1 fully saturated rings. The first kappa shape index (κ1) is 20.9. The molecule has 0 spiro atoms. The topological polar surface area (TPSA) is 147 Å². The predicted octanol–water partition coefficient (Wildman–Crippen LogP) is 0.772. The number of carbonyl (C=O) groups excluding carboxylic acids is 1. The number of aromatic nitrogens is 1. The smallest absolute Gasteiger partial charge is 0.270 e. The Morgan fingerprint density at radius 2 is 2.07 bits per heavy atom. The Hall–Kier alpha value is -2.38. The third-order valence-corrected chi connectivity index (χ3v) is 5.18. The molecule has 0 unspecified atom stereocenters. The van der Waals surface area contributed by atoms with E-state index < -0.39 is 10.0 Å². The minimum absolute atomic E-state index is 0.0410.